The molecule has 0 radical (unpaired) electrons. The van der Waals surface area contributed by atoms with Crippen LogP contribution in [0.25, 0.3) is 6.08 Å². The van der Waals surface area contributed by atoms with E-state index in [1.807, 2.05) is 39.0 Å². The van der Waals surface area contributed by atoms with Crippen LogP contribution in [0.15, 0.2) is 46.3 Å². The van der Waals surface area contributed by atoms with E-state index in [4.69, 9.17) is 9.47 Å². The number of aryl methyl sites for hydroxylation is 2. The van der Waals surface area contributed by atoms with E-state index in [1.165, 1.54) is 17.3 Å². The zero-order valence-electron chi connectivity index (χ0n) is 18.5. The van der Waals surface area contributed by atoms with Gasteiger partial charge in [-0.25, -0.2) is 9.79 Å². The monoisotopic (exact) mass is 454 g/mol. The maximum atomic E-state index is 12.4. The molecule has 1 saturated heterocycles. The normalized spacial score (nSPS) is 16.8. The van der Waals surface area contributed by atoms with Gasteiger partial charge in [0.25, 0.3) is 5.91 Å². The highest BCUT2D eigenvalue weighted by Gasteiger charge is 2.24. The van der Waals surface area contributed by atoms with Gasteiger partial charge in [0.05, 0.1) is 17.2 Å². The van der Waals surface area contributed by atoms with E-state index < -0.39 is 12.1 Å². The Bertz CT molecular complexity index is 1090. The van der Waals surface area contributed by atoms with Crippen LogP contribution in [0.4, 0.5) is 5.69 Å². The second kappa shape index (κ2) is 10.4. The fourth-order valence-corrected chi connectivity index (χ4v) is 3.83. The third-order valence-electron chi connectivity index (χ3n) is 4.85. The first-order valence-electron chi connectivity index (χ1n) is 10.3. The summed E-state index contributed by atoms with van der Waals surface area (Å²) in [4.78, 5) is 28.8. The molecule has 0 aliphatic carbocycles. The highest BCUT2D eigenvalue weighted by Crippen LogP contribution is 2.33. The third-order valence-corrected chi connectivity index (χ3v) is 5.76. The van der Waals surface area contributed by atoms with Crippen LogP contribution >= 0.6 is 11.8 Å². The lowest BCUT2D eigenvalue weighted by Crippen LogP contribution is -2.26. The summed E-state index contributed by atoms with van der Waals surface area (Å²) in [5, 5.41) is 12.6. The Labute approximate surface area is 191 Å². The summed E-state index contributed by atoms with van der Waals surface area (Å²) in [5.41, 5.74) is 3.83. The van der Waals surface area contributed by atoms with Crippen LogP contribution in [0.5, 0.6) is 11.5 Å². The predicted molar refractivity (Wildman–Crippen MR) is 127 cm³/mol. The number of nitrogens with one attached hydrogen (secondary N) is 1. The minimum absolute atomic E-state index is 0.229. The highest BCUT2D eigenvalue weighted by atomic mass is 32.2. The van der Waals surface area contributed by atoms with Gasteiger partial charge in [0.2, 0.25) is 0 Å². The molecule has 2 aromatic rings. The van der Waals surface area contributed by atoms with Gasteiger partial charge in [0.15, 0.2) is 22.8 Å². The van der Waals surface area contributed by atoms with Crippen molar-refractivity contribution < 1.29 is 24.2 Å². The van der Waals surface area contributed by atoms with Crippen LogP contribution in [-0.2, 0) is 9.59 Å². The molecule has 1 aliphatic heterocycles. The van der Waals surface area contributed by atoms with Gasteiger partial charge in [0.1, 0.15) is 0 Å². The van der Waals surface area contributed by atoms with Crippen molar-refractivity contribution in [3.8, 4) is 11.5 Å². The number of carboxylic acids is 1. The number of ether oxygens (including phenoxy) is 2. The predicted octanol–water partition coefficient (Wildman–Crippen LogP) is 4.84. The molecule has 1 unspecified atom stereocenters. The third kappa shape index (κ3) is 5.70. The lowest BCUT2D eigenvalue weighted by Gasteiger charge is -2.16. The zero-order valence-corrected chi connectivity index (χ0v) is 19.3. The second-order valence-electron chi connectivity index (χ2n) is 7.24. The number of hydrogen-bond donors (Lipinski definition) is 2. The molecule has 0 aromatic heterocycles. The Balaban J connectivity index is 1.83. The minimum atomic E-state index is -1.03. The van der Waals surface area contributed by atoms with Gasteiger partial charge < -0.3 is 19.9 Å². The number of amidine groups is 1. The average molecular weight is 455 g/mol. The van der Waals surface area contributed by atoms with Gasteiger partial charge in [-0.15, -0.1) is 0 Å². The van der Waals surface area contributed by atoms with Gasteiger partial charge in [-0.3, -0.25) is 4.79 Å². The summed E-state index contributed by atoms with van der Waals surface area (Å²) in [7, 11) is 0. The average Bonchev–Trinajstić information content (AvgIpc) is 3.08. The van der Waals surface area contributed by atoms with Crippen molar-refractivity contribution in [2.75, 3.05) is 6.61 Å². The number of aliphatic carboxylic acids is 1. The summed E-state index contributed by atoms with van der Waals surface area (Å²) in [5.74, 6) is -0.485. The first-order valence-corrected chi connectivity index (χ1v) is 11.2. The van der Waals surface area contributed by atoms with E-state index in [9.17, 15) is 14.7 Å². The molecule has 1 atom stereocenters. The number of nitrogens with zero attached hydrogens (tertiary/aromatic N) is 1. The molecule has 3 rings (SSSR count). The van der Waals surface area contributed by atoms with E-state index >= 15 is 0 Å². The van der Waals surface area contributed by atoms with Crippen molar-refractivity contribution in [2.45, 2.75) is 40.2 Å². The molecule has 0 spiro atoms. The Morgan fingerprint density at radius 2 is 1.94 bits per heavy atom. The molecule has 1 amide bonds. The van der Waals surface area contributed by atoms with Crippen molar-refractivity contribution in [3.05, 3.63) is 58.0 Å². The number of carbonyl (C=O) groups excluding carboxylic acids is 1. The van der Waals surface area contributed by atoms with Crippen molar-refractivity contribution in [3.63, 3.8) is 0 Å². The smallest absolute Gasteiger partial charge is 0.344 e. The molecule has 0 bridgehead atoms. The Morgan fingerprint density at radius 1 is 1.16 bits per heavy atom. The summed E-state index contributed by atoms with van der Waals surface area (Å²) in [6.07, 6.45) is 1.11. The molecular formula is C24H26N2O5S. The number of amides is 1. The summed E-state index contributed by atoms with van der Waals surface area (Å²) in [6, 6.07) is 11.0. The molecule has 2 N–H and O–H groups in total. The first-order chi connectivity index (χ1) is 15.3. The minimum Gasteiger partial charge on any atom is -0.490 e. The van der Waals surface area contributed by atoms with Crippen LogP contribution in [0.3, 0.4) is 0 Å². The molecule has 7 nitrogen and oxygen atoms in total. The van der Waals surface area contributed by atoms with Gasteiger partial charge >= 0.3 is 5.97 Å². The fraction of sp³-hybridized carbons (Fsp3) is 0.292. The quantitative estimate of drug-likeness (QED) is 0.554. The standard InChI is InChI=1S/C24H26N2O5S/c1-5-18(23(28)29)31-19-10-8-16(12-20(19)30-6-2)13-21-22(27)26-24(32-21)25-17-9-7-14(3)15(4)11-17/h7-13,18H,5-6H2,1-4H3,(H,28,29)(H,25,26,27)/b21-13+. The topological polar surface area (TPSA) is 97.2 Å². The first kappa shape index (κ1) is 23.4. The van der Waals surface area contributed by atoms with Gasteiger partial charge in [0, 0.05) is 0 Å². The number of aliphatic imine (C=N–C) groups is 1. The SMILES string of the molecule is CCOc1cc(/C=C2/SC(=Nc3ccc(C)c(C)c3)NC2=O)ccc1OC(CC)C(=O)O. The van der Waals surface area contributed by atoms with Crippen LogP contribution in [0.2, 0.25) is 0 Å². The van der Waals surface area contributed by atoms with Crippen LogP contribution < -0.4 is 14.8 Å². The molecular weight excluding hydrogens is 428 g/mol. The van der Waals surface area contributed by atoms with Crippen LogP contribution in [0, 0.1) is 13.8 Å². The Morgan fingerprint density at radius 3 is 2.59 bits per heavy atom. The van der Waals surface area contributed by atoms with Crippen molar-refractivity contribution >= 4 is 40.6 Å². The van der Waals surface area contributed by atoms with Gasteiger partial charge in [-0.2, -0.15) is 0 Å². The van der Waals surface area contributed by atoms with Crippen molar-refractivity contribution in [1.82, 2.24) is 5.32 Å². The summed E-state index contributed by atoms with van der Waals surface area (Å²) in [6.45, 7) is 8.02. The molecule has 1 heterocycles. The van der Waals surface area contributed by atoms with E-state index in [2.05, 4.69) is 10.3 Å². The highest BCUT2D eigenvalue weighted by molar-refractivity contribution is 8.18. The Kier molecular flexibility index (Phi) is 7.58. The van der Waals surface area contributed by atoms with Gasteiger partial charge in [-0.05, 0) is 86.0 Å². The number of carboxylic acid groups (broad SMARTS) is 1. The molecule has 168 valence electrons. The lowest BCUT2D eigenvalue weighted by molar-refractivity contribution is -0.145. The molecule has 0 saturated carbocycles. The van der Waals surface area contributed by atoms with E-state index in [0.717, 1.165) is 16.8 Å². The number of thioether (sulfide) groups is 1. The largest absolute Gasteiger partial charge is 0.490 e. The maximum Gasteiger partial charge on any atom is 0.344 e. The number of hydrogen-bond acceptors (Lipinski definition) is 6. The second-order valence-corrected chi connectivity index (χ2v) is 8.27. The summed E-state index contributed by atoms with van der Waals surface area (Å²) >= 11 is 1.26. The molecule has 8 heteroatoms. The molecule has 32 heavy (non-hydrogen) atoms. The number of carbonyl (C=O) groups is 2. The maximum absolute atomic E-state index is 12.4. The molecule has 2 aromatic carbocycles. The molecule has 1 aliphatic rings. The fourth-order valence-electron chi connectivity index (χ4n) is 2.99. The van der Waals surface area contributed by atoms with Crippen LogP contribution in [-0.4, -0.2) is 34.9 Å². The van der Waals surface area contributed by atoms with E-state index in [1.54, 1.807) is 31.2 Å². The number of benzene rings is 2. The molecule has 1 fully saturated rings. The van der Waals surface area contributed by atoms with E-state index in [0.29, 0.717) is 34.6 Å². The van der Waals surface area contributed by atoms with Crippen molar-refractivity contribution in [2.24, 2.45) is 4.99 Å². The van der Waals surface area contributed by atoms with Crippen molar-refractivity contribution in [1.29, 1.82) is 0 Å². The van der Waals surface area contributed by atoms with Crippen LogP contribution in [0.1, 0.15) is 37.0 Å². The van der Waals surface area contributed by atoms with Gasteiger partial charge in [-0.1, -0.05) is 19.1 Å². The number of rotatable bonds is 8. The lowest BCUT2D eigenvalue weighted by atomic mass is 10.1. The zero-order chi connectivity index (χ0) is 23.3. The summed E-state index contributed by atoms with van der Waals surface area (Å²) < 4.78 is 11.2. The van der Waals surface area contributed by atoms with E-state index in [-0.39, 0.29) is 5.91 Å². The Hall–Kier alpha value is -3.26.